The molecule has 0 bridgehead atoms. The van der Waals surface area contributed by atoms with Crippen LogP contribution in [0, 0.1) is 11.2 Å². The third kappa shape index (κ3) is 6.60. The first kappa shape index (κ1) is 32.2. The fraction of sp³-hybridized carbons (Fsp3) is 0.500. The van der Waals surface area contributed by atoms with Gasteiger partial charge < -0.3 is 28.7 Å². The van der Waals surface area contributed by atoms with E-state index in [0.717, 1.165) is 17.0 Å². The number of carbonyl (C=O) groups is 2. The van der Waals surface area contributed by atoms with Gasteiger partial charge in [-0.25, -0.2) is 4.39 Å². The first-order valence-electron chi connectivity index (χ1n) is 13.5. The summed E-state index contributed by atoms with van der Waals surface area (Å²) < 4.78 is 36.8. The smallest absolute Gasteiger partial charge is 0.305 e. The van der Waals surface area contributed by atoms with E-state index in [9.17, 15) is 9.59 Å². The van der Waals surface area contributed by atoms with Gasteiger partial charge >= 0.3 is 5.97 Å². The third-order valence-electron chi connectivity index (χ3n) is 7.20. The monoisotopic (exact) mass is 635 g/mol. The van der Waals surface area contributed by atoms with Gasteiger partial charge in [-0.3, -0.25) is 15.0 Å². The number of methoxy groups -OCH3 is 2. The number of hydrogen-bond acceptors (Lipinski definition) is 8. The van der Waals surface area contributed by atoms with Gasteiger partial charge in [-0.15, -0.1) is 17.0 Å². The molecule has 0 radical (unpaired) electrons. The maximum Gasteiger partial charge on any atom is 0.305 e. The molecule has 1 N–H and O–H groups in total. The molecule has 11 heteroatoms. The van der Waals surface area contributed by atoms with Crippen molar-refractivity contribution in [3.8, 4) is 17.2 Å². The average Bonchev–Trinajstić information content (AvgIpc) is 3.22. The summed E-state index contributed by atoms with van der Waals surface area (Å²) in [5.74, 6) is -0.234. The lowest BCUT2D eigenvalue weighted by Gasteiger charge is -2.35. The molecule has 0 spiro atoms. The van der Waals surface area contributed by atoms with Crippen molar-refractivity contribution in [3.05, 3.63) is 46.3 Å². The highest BCUT2D eigenvalue weighted by Gasteiger charge is 2.34. The van der Waals surface area contributed by atoms with Crippen molar-refractivity contribution in [2.45, 2.75) is 52.5 Å². The van der Waals surface area contributed by atoms with Gasteiger partial charge in [-0.2, -0.15) is 0 Å². The van der Waals surface area contributed by atoms with Crippen LogP contribution in [0.4, 0.5) is 10.1 Å². The number of halogens is 2. The normalized spacial score (nSPS) is 14.1. The zero-order valence-corrected chi connectivity index (χ0v) is 26.2. The molecule has 2 aromatic carbocycles. The number of nitrogens with one attached hydrogen (secondary N) is 1. The number of ether oxygens (including phenoxy) is 4. The molecule has 4 rings (SSSR count). The fourth-order valence-corrected chi connectivity index (χ4v) is 5.20. The van der Waals surface area contributed by atoms with Gasteiger partial charge in [0.2, 0.25) is 0 Å². The van der Waals surface area contributed by atoms with Gasteiger partial charge in [0.05, 0.1) is 45.2 Å². The molecule has 9 nitrogen and oxygen atoms in total. The first-order chi connectivity index (χ1) is 19.0. The quantitative estimate of drug-likeness (QED) is 0.278. The lowest BCUT2D eigenvalue weighted by molar-refractivity contribution is -0.143. The van der Waals surface area contributed by atoms with E-state index in [1.54, 1.807) is 17.9 Å². The second kappa shape index (κ2) is 13.1. The molecule has 2 aliphatic heterocycles. The molecule has 41 heavy (non-hydrogen) atoms. The molecular formula is C30H39BrFN3O6. The Morgan fingerprint density at radius 2 is 1.85 bits per heavy atom. The van der Waals surface area contributed by atoms with Crippen molar-refractivity contribution in [1.29, 1.82) is 5.41 Å². The Hall–Kier alpha value is -3.34. The Bertz CT molecular complexity index is 1330. The Morgan fingerprint density at radius 1 is 1.12 bits per heavy atom. The van der Waals surface area contributed by atoms with Gasteiger partial charge in [0.25, 0.3) is 0 Å². The summed E-state index contributed by atoms with van der Waals surface area (Å²) >= 11 is 0. The summed E-state index contributed by atoms with van der Waals surface area (Å²) in [7, 11) is 2.78. The number of nitrogens with zero attached hydrogens (tertiary/aromatic N) is 2. The molecule has 2 aliphatic rings. The van der Waals surface area contributed by atoms with E-state index in [1.165, 1.54) is 14.2 Å². The number of rotatable bonds is 10. The minimum Gasteiger partial charge on any atom is -0.493 e. The highest BCUT2D eigenvalue weighted by molar-refractivity contribution is 8.93. The molecule has 0 fully saturated rings. The summed E-state index contributed by atoms with van der Waals surface area (Å²) in [6.45, 7) is 10.2. The minimum atomic E-state index is -0.670. The van der Waals surface area contributed by atoms with E-state index in [1.807, 2.05) is 12.1 Å². The molecule has 2 aromatic rings. The van der Waals surface area contributed by atoms with Crippen LogP contribution in [0.1, 0.15) is 67.6 Å². The highest BCUT2D eigenvalue weighted by atomic mass is 79.9. The van der Waals surface area contributed by atoms with E-state index in [0.29, 0.717) is 50.3 Å². The van der Waals surface area contributed by atoms with Crippen LogP contribution in [0.2, 0.25) is 0 Å². The Balaban J connectivity index is 0.00000462. The summed E-state index contributed by atoms with van der Waals surface area (Å²) in [4.78, 5) is 29.2. The van der Waals surface area contributed by atoms with E-state index >= 15 is 4.39 Å². The number of Topliss-reactive ketones (excluding diaryl/α,β-unsaturated/α-hetero) is 1. The predicted octanol–water partition coefficient (Wildman–Crippen LogP) is 5.28. The SMILES string of the molecule is Br.CCOC(=O)CCCN1CCOc2c1cc(C(=O)CN1Cc3cc(OC)c(OC)c(F)c3C1=N)cc2C(C)(C)C. The molecular weight excluding hydrogens is 597 g/mol. The Kier molecular flexibility index (Phi) is 10.3. The maximum absolute atomic E-state index is 15.2. The Morgan fingerprint density at radius 3 is 2.49 bits per heavy atom. The molecule has 224 valence electrons. The number of esters is 1. The van der Waals surface area contributed by atoms with Crippen molar-refractivity contribution in [1.82, 2.24) is 4.90 Å². The van der Waals surface area contributed by atoms with Gasteiger partial charge in [0, 0.05) is 30.6 Å². The number of fused-ring (bicyclic) bond motifs is 2. The lowest BCUT2D eigenvalue weighted by Crippen LogP contribution is -2.36. The second-order valence-electron chi connectivity index (χ2n) is 11.0. The fourth-order valence-electron chi connectivity index (χ4n) is 5.20. The van der Waals surface area contributed by atoms with Crippen molar-refractivity contribution in [2.24, 2.45) is 0 Å². The van der Waals surface area contributed by atoms with Crippen LogP contribution in [-0.4, -0.2) is 69.6 Å². The lowest BCUT2D eigenvalue weighted by atomic mass is 9.84. The number of carbonyl (C=O) groups excluding carboxylic acids is 2. The number of anilines is 1. The van der Waals surface area contributed by atoms with Crippen LogP contribution < -0.4 is 19.1 Å². The number of amidine groups is 1. The molecule has 0 saturated carbocycles. The maximum atomic E-state index is 15.2. The molecule has 0 atom stereocenters. The third-order valence-corrected chi connectivity index (χ3v) is 7.20. The van der Waals surface area contributed by atoms with Crippen LogP contribution >= 0.6 is 17.0 Å². The average molecular weight is 637 g/mol. The van der Waals surface area contributed by atoms with E-state index in [4.69, 9.17) is 24.4 Å². The topological polar surface area (TPSA) is 101 Å². The second-order valence-corrected chi connectivity index (χ2v) is 11.0. The van der Waals surface area contributed by atoms with Gasteiger partial charge in [-0.05, 0) is 42.5 Å². The molecule has 0 amide bonds. The van der Waals surface area contributed by atoms with Crippen molar-refractivity contribution < 1.29 is 32.9 Å². The largest absolute Gasteiger partial charge is 0.493 e. The van der Waals surface area contributed by atoms with Crippen LogP contribution in [0.15, 0.2) is 18.2 Å². The van der Waals surface area contributed by atoms with Crippen molar-refractivity contribution >= 4 is 40.3 Å². The molecule has 0 aromatic heterocycles. The van der Waals surface area contributed by atoms with Gasteiger partial charge in [0.1, 0.15) is 18.2 Å². The summed E-state index contributed by atoms with van der Waals surface area (Å²) in [6, 6.07) is 5.34. The summed E-state index contributed by atoms with van der Waals surface area (Å²) in [6.07, 6.45) is 0.929. The van der Waals surface area contributed by atoms with Crippen LogP contribution in [0.25, 0.3) is 0 Å². The van der Waals surface area contributed by atoms with E-state index < -0.39 is 5.82 Å². The van der Waals surface area contributed by atoms with Gasteiger partial charge in [0.15, 0.2) is 23.1 Å². The molecule has 0 saturated heterocycles. The van der Waals surface area contributed by atoms with Crippen LogP contribution in [0.5, 0.6) is 17.2 Å². The summed E-state index contributed by atoms with van der Waals surface area (Å²) in [5.41, 5.74) is 2.59. The van der Waals surface area contributed by atoms with Crippen molar-refractivity contribution in [2.75, 3.05) is 52.0 Å². The van der Waals surface area contributed by atoms with E-state index in [2.05, 4.69) is 25.7 Å². The molecule has 0 unspecified atom stereocenters. The molecule has 0 aliphatic carbocycles. The number of ketones is 1. The molecule has 2 heterocycles. The minimum absolute atomic E-state index is 0. The zero-order chi connectivity index (χ0) is 29.2. The standard InChI is InChI=1S/C30H38FN3O6.BrH/c1-7-39-24(36)9-8-10-33-11-12-40-27-20(30(2,3)4)13-18(14-21(27)33)22(35)17-34-16-19-15-23(37-5)28(38-6)26(31)25(19)29(34)32;/h13-15,32H,7-12,16-17H2,1-6H3;1H. The number of hydrogen-bond donors (Lipinski definition) is 1. The zero-order valence-electron chi connectivity index (χ0n) is 24.5. The van der Waals surface area contributed by atoms with Crippen LogP contribution in [-0.2, 0) is 21.5 Å². The van der Waals surface area contributed by atoms with Gasteiger partial charge in [-0.1, -0.05) is 20.8 Å². The first-order valence-corrected chi connectivity index (χ1v) is 13.5. The summed E-state index contributed by atoms with van der Waals surface area (Å²) in [5, 5.41) is 8.62. The van der Waals surface area contributed by atoms with Crippen LogP contribution in [0.3, 0.4) is 0 Å². The van der Waals surface area contributed by atoms with E-state index in [-0.39, 0.29) is 70.1 Å². The Labute approximate surface area is 251 Å². The predicted molar refractivity (Wildman–Crippen MR) is 160 cm³/mol. The number of benzene rings is 2. The van der Waals surface area contributed by atoms with Crippen molar-refractivity contribution in [3.63, 3.8) is 0 Å². The highest BCUT2D eigenvalue weighted by Crippen LogP contribution is 2.43.